The molecule has 0 atom stereocenters. The van der Waals surface area contributed by atoms with Crippen molar-refractivity contribution in [2.75, 3.05) is 13.3 Å². The molecule has 0 spiro atoms. The Morgan fingerprint density at radius 1 is 1.67 bits per heavy atom. The second-order valence-corrected chi connectivity index (χ2v) is 0.933. The van der Waals surface area contributed by atoms with Crippen molar-refractivity contribution in [2.45, 2.75) is 0 Å². The highest BCUT2D eigenvalue weighted by molar-refractivity contribution is 4.46. The topological polar surface area (TPSA) is 30.5 Å². The first-order valence-corrected chi connectivity index (χ1v) is 1.78. The molecule has 0 aromatic carbocycles. The Morgan fingerprint density at radius 2 is 2.67 bits per heavy atom. The van der Waals surface area contributed by atoms with Crippen molar-refractivity contribution < 1.29 is 9.57 Å². The van der Waals surface area contributed by atoms with Gasteiger partial charge in [-0.1, -0.05) is 0 Å². The van der Waals surface area contributed by atoms with Crippen LogP contribution in [0.3, 0.4) is 0 Å². The molecule has 1 aliphatic rings. The van der Waals surface area contributed by atoms with E-state index in [-0.39, 0.29) is 0 Å². The highest BCUT2D eigenvalue weighted by atomic mass is 16.7. The number of hydrogen-bond acceptors (Lipinski definition) is 3. The first-order valence-electron chi connectivity index (χ1n) is 1.78. The fourth-order valence-corrected chi connectivity index (χ4v) is 0.276. The summed E-state index contributed by atoms with van der Waals surface area (Å²) in [6.07, 6.45) is 0. The molecule has 35 valence electrons. The standard InChI is InChI=1S/C3H6NO2/c1-2-6-4-3-5-1/h1,4H,2-3H2. The van der Waals surface area contributed by atoms with Crippen LogP contribution in [-0.2, 0) is 9.57 Å². The van der Waals surface area contributed by atoms with Gasteiger partial charge in [0.2, 0.25) is 0 Å². The van der Waals surface area contributed by atoms with Crippen LogP contribution < -0.4 is 5.48 Å². The maximum atomic E-state index is 4.71. The predicted molar refractivity (Wildman–Crippen MR) is 19.3 cm³/mol. The number of hydroxylamine groups is 1. The van der Waals surface area contributed by atoms with Gasteiger partial charge in [0.1, 0.15) is 13.3 Å². The summed E-state index contributed by atoms with van der Waals surface area (Å²) in [4.78, 5) is 4.64. The van der Waals surface area contributed by atoms with E-state index in [4.69, 9.17) is 4.74 Å². The SMILES string of the molecule is [CH]1CONCO1. The smallest absolute Gasteiger partial charge is 0.120 e. The van der Waals surface area contributed by atoms with E-state index < -0.39 is 0 Å². The summed E-state index contributed by atoms with van der Waals surface area (Å²) >= 11 is 0. The van der Waals surface area contributed by atoms with E-state index in [0.717, 1.165) is 0 Å². The zero-order valence-electron chi connectivity index (χ0n) is 3.31. The number of hydrogen-bond donors (Lipinski definition) is 1. The van der Waals surface area contributed by atoms with E-state index in [1.54, 1.807) is 6.61 Å². The van der Waals surface area contributed by atoms with Crippen LogP contribution in [0, 0.1) is 6.61 Å². The van der Waals surface area contributed by atoms with Crippen molar-refractivity contribution in [2.24, 2.45) is 0 Å². The summed E-state index contributed by atoms with van der Waals surface area (Å²) in [5.41, 5.74) is 2.53. The largest absolute Gasteiger partial charge is 0.356 e. The minimum absolute atomic E-state index is 0.472. The second-order valence-electron chi connectivity index (χ2n) is 0.933. The molecule has 3 heteroatoms. The summed E-state index contributed by atoms with van der Waals surface area (Å²) < 4.78 is 4.71. The zero-order valence-corrected chi connectivity index (χ0v) is 3.31. The molecular weight excluding hydrogens is 82.0 g/mol. The van der Waals surface area contributed by atoms with Crippen molar-refractivity contribution in [1.29, 1.82) is 0 Å². The number of ether oxygens (including phenoxy) is 1. The molecule has 0 aromatic rings. The van der Waals surface area contributed by atoms with Gasteiger partial charge >= 0.3 is 0 Å². The Balaban J connectivity index is 2.00. The van der Waals surface area contributed by atoms with Gasteiger partial charge in [0.25, 0.3) is 0 Å². The van der Waals surface area contributed by atoms with Gasteiger partial charge < -0.3 is 4.74 Å². The number of nitrogens with one attached hydrogen (secondary N) is 1. The van der Waals surface area contributed by atoms with Gasteiger partial charge in [0.15, 0.2) is 0 Å². The lowest BCUT2D eigenvalue weighted by Crippen LogP contribution is -2.24. The van der Waals surface area contributed by atoms with E-state index >= 15 is 0 Å². The van der Waals surface area contributed by atoms with Gasteiger partial charge in [0, 0.05) is 0 Å². The van der Waals surface area contributed by atoms with Crippen LogP contribution in [0.4, 0.5) is 0 Å². The van der Waals surface area contributed by atoms with Crippen molar-refractivity contribution in [3.63, 3.8) is 0 Å². The molecule has 0 bridgehead atoms. The molecule has 6 heavy (non-hydrogen) atoms. The lowest BCUT2D eigenvalue weighted by Gasteiger charge is -2.10. The Morgan fingerprint density at radius 3 is 2.83 bits per heavy atom. The van der Waals surface area contributed by atoms with E-state index in [9.17, 15) is 0 Å². The van der Waals surface area contributed by atoms with Crippen molar-refractivity contribution in [3.8, 4) is 0 Å². The molecule has 0 saturated carbocycles. The van der Waals surface area contributed by atoms with Gasteiger partial charge in [0.05, 0.1) is 6.61 Å². The van der Waals surface area contributed by atoms with E-state index in [1.807, 2.05) is 0 Å². The molecule has 0 amide bonds. The van der Waals surface area contributed by atoms with Crippen LogP contribution in [0.2, 0.25) is 0 Å². The molecule has 3 nitrogen and oxygen atoms in total. The molecule has 1 radical (unpaired) electrons. The van der Waals surface area contributed by atoms with Gasteiger partial charge in [-0.15, -0.1) is 0 Å². The van der Waals surface area contributed by atoms with Crippen molar-refractivity contribution in [3.05, 3.63) is 6.61 Å². The Kier molecular flexibility index (Phi) is 1.43. The van der Waals surface area contributed by atoms with Crippen LogP contribution in [0.25, 0.3) is 0 Å². The summed E-state index contributed by atoms with van der Waals surface area (Å²) in [5, 5.41) is 0. The highest BCUT2D eigenvalue weighted by Crippen LogP contribution is 1.84. The minimum atomic E-state index is 0.472. The van der Waals surface area contributed by atoms with Gasteiger partial charge in [-0.3, -0.25) is 4.84 Å². The zero-order chi connectivity index (χ0) is 4.24. The Bertz CT molecular complexity index is 24.3. The summed E-state index contributed by atoms with van der Waals surface area (Å²) in [6.45, 7) is 2.62. The maximum absolute atomic E-state index is 4.71. The Hall–Kier alpha value is -0.120. The van der Waals surface area contributed by atoms with Gasteiger partial charge in [-0.2, -0.15) is 5.48 Å². The van der Waals surface area contributed by atoms with E-state index in [1.165, 1.54) is 0 Å². The highest BCUT2D eigenvalue weighted by Gasteiger charge is 1.94. The normalized spacial score (nSPS) is 24.0. The molecule has 1 aliphatic heterocycles. The van der Waals surface area contributed by atoms with Crippen LogP contribution in [0.15, 0.2) is 0 Å². The molecule has 0 unspecified atom stereocenters. The lowest BCUT2D eigenvalue weighted by molar-refractivity contribution is -0.0727. The fourth-order valence-electron chi connectivity index (χ4n) is 0.276. The second kappa shape index (κ2) is 2.12. The van der Waals surface area contributed by atoms with Gasteiger partial charge in [-0.25, -0.2) is 0 Å². The Labute approximate surface area is 36.2 Å². The first kappa shape index (κ1) is 4.05. The number of rotatable bonds is 0. The third-order valence-electron chi connectivity index (χ3n) is 0.514. The minimum Gasteiger partial charge on any atom is -0.356 e. The van der Waals surface area contributed by atoms with Crippen LogP contribution >= 0.6 is 0 Å². The summed E-state index contributed by atoms with van der Waals surface area (Å²) in [6, 6.07) is 0. The molecule has 1 fully saturated rings. The molecule has 1 saturated heterocycles. The first-order chi connectivity index (χ1) is 3.00. The maximum Gasteiger partial charge on any atom is 0.120 e. The quantitative estimate of drug-likeness (QED) is 0.439. The van der Waals surface area contributed by atoms with E-state index in [0.29, 0.717) is 13.3 Å². The third kappa shape index (κ3) is 0.931. The molecule has 0 aliphatic carbocycles. The monoisotopic (exact) mass is 88.0 g/mol. The molecule has 1 N–H and O–H groups in total. The van der Waals surface area contributed by atoms with Crippen molar-refractivity contribution >= 4 is 0 Å². The molecule has 1 rings (SSSR count). The molecule has 0 aromatic heterocycles. The average Bonchev–Trinajstić information content (AvgIpc) is 1.72. The molecule has 1 heterocycles. The van der Waals surface area contributed by atoms with E-state index in [2.05, 4.69) is 10.3 Å². The summed E-state index contributed by atoms with van der Waals surface area (Å²) in [7, 11) is 0. The molecular formula is C3H6NO2. The van der Waals surface area contributed by atoms with Crippen LogP contribution in [0.1, 0.15) is 0 Å². The van der Waals surface area contributed by atoms with Crippen molar-refractivity contribution in [1.82, 2.24) is 5.48 Å². The average molecular weight is 88.1 g/mol. The van der Waals surface area contributed by atoms with Crippen LogP contribution in [0.5, 0.6) is 0 Å². The third-order valence-corrected chi connectivity index (χ3v) is 0.514. The lowest BCUT2D eigenvalue weighted by atomic mass is 10.8. The van der Waals surface area contributed by atoms with Gasteiger partial charge in [-0.05, 0) is 0 Å². The summed E-state index contributed by atoms with van der Waals surface area (Å²) in [5.74, 6) is 0. The fraction of sp³-hybridized carbons (Fsp3) is 0.667. The predicted octanol–water partition coefficient (Wildman–Crippen LogP) is -0.343. The van der Waals surface area contributed by atoms with Crippen LogP contribution in [-0.4, -0.2) is 13.3 Å².